The van der Waals surface area contributed by atoms with Crippen molar-refractivity contribution in [3.05, 3.63) is 59.4 Å². The van der Waals surface area contributed by atoms with Crippen LogP contribution in [0.2, 0.25) is 0 Å². The van der Waals surface area contributed by atoms with Crippen molar-refractivity contribution in [1.82, 2.24) is 0 Å². The molecule has 1 fully saturated rings. The van der Waals surface area contributed by atoms with Gasteiger partial charge in [0.05, 0.1) is 6.42 Å². The fourth-order valence-corrected chi connectivity index (χ4v) is 3.23. The Kier molecular flexibility index (Phi) is 3.99. The molecule has 4 rings (SSSR count). The van der Waals surface area contributed by atoms with Gasteiger partial charge in [0, 0.05) is 23.8 Å². The molecule has 0 bridgehead atoms. The molecule has 1 aliphatic heterocycles. The molecule has 25 heavy (non-hydrogen) atoms. The van der Waals surface area contributed by atoms with Gasteiger partial charge in [-0.2, -0.15) is 0 Å². The van der Waals surface area contributed by atoms with Crippen molar-refractivity contribution in [2.24, 2.45) is 5.92 Å². The van der Waals surface area contributed by atoms with E-state index >= 15 is 0 Å². The van der Waals surface area contributed by atoms with Gasteiger partial charge in [0.15, 0.2) is 0 Å². The summed E-state index contributed by atoms with van der Waals surface area (Å²) in [6, 6.07) is 11.6. The van der Waals surface area contributed by atoms with Gasteiger partial charge in [-0.1, -0.05) is 18.2 Å². The van der Waals surface area contributed by atoms with Gasteiger partial charge in [-0.3, -0.25) is 9.59 Å². The molecule has 5 heteroatoms. The van der Waals surface area contributed by atoms with Crippen LogP contribution in [0.15, 0.2) is 42.5 Å². The first-order chi connectivity index (χ1) is 12.1. The molecule has 4 nitrogen and oxygen atoms in total. The number of benzene rings is 2. The SMILES string of the molecule is O=C(Cc1ccc(F)cc1)Nc1ccc2c(c1)N(C(=O)C1CC1)CC2. The fourth-order valence-electron chi connectivity index (χ4n) is 3.23. The number of hydrogen-bond donors (Lipinski definition) is 1. The quantitative estimate of drug-likeness (QED) is 0.930. The maximum absolute atomic E-state index is 12.9. The predicted octanol–water partition coefficient (Wildman–Crippen LogP) is 3.31. The first-order valence-corrected chi connectivity index (χ1v) is 8.59. The Morgan fingerprint density at radius 3 is 2.60 bits per heavy atom. The van der Waals surface area contributed by atoms with E-state index in [1.165, 1.54) is 12.1 Å². The maximum atomic E-state index is 12.9. The lowest BCUT2D eigenvalue weighted by atomic mass is 10.1. The molecule has 1 N–H and O–H groups in total. The van der Waals surface area contributed by atoms with Crippen molar-refractivity contribution in [2.45, 2.75) is 25.7 Å². The van der Waals surface area contributed by atoms with Crippen LogP contribution in [0.5, 0.6) is 0 Å². The van der Waals surface area contributed by atoms with Crippen LogP contribution < -0.4 is 10.2 Å². The van der Waals surface area contributed by atoms with Crippen LogP contribution in [0.3, 0.4) is 0 Å². The summed E-state index contributed by atoms with van der Waals surface area (Å²) in [6.45, 7) is 0.720. The van der Waals surface area contributed by atoms with Gasteiger partial charge in [-0.05, 0) is 54.7 Å². The zero-order valence-electron chi connectivity index (χ0n) is 13.8. The summed E-state index contributed by atoms with van der Waals surface area (Å²) < 4.78 is 12.9. The van der Waals surface area contributed by atoms with Gasteiger partial charge in [0.1, 0.15) is 5.82 Å². The monoisotopic (exact) mass is 338 g/mol. The molecule has 0 atom stereocenters. The molecule has 2 aliphatic rings. The standard InChI is InChI=1S/C20H19FN2O2/c21-16-6-1-13(2-7-16)11-19(24)22-17-8-5-14-9-10-23(18(14)12-17)20(25)15-3-4-15/h1-2,5-8,12,15H,3-4,9-11H2,(H,22,24). The molecule has 1 saturated carbocycles. The summed E-state index contributed by atoms with van der Waals surface area (Å²) in [5.74, 6) is -0.0935. The Labute approximate surface area is 145 Å². The van der Waals surface area contributed by atoms with Crippen LogP contribution in [-0.4, -0.2) is 18.4 Å². The van der Waals surface area contributed by atoms with E-state index in [1.54, 1.807) is 12.1 Å². The average Bonchev–Trinajstić information content (AvgIpc) is 3.36. The number of amides is 2. The van der Waals surface area contributed by atoms with E-state index in [9.17, 15) is 14.0 Å². The highest BCUT2D eigenvalue weighted by Gasteiger charge is 2.36. The molecule has 1 heterocycles. The second kappa shape index (κ2) is 6.31. The molecule has 0 spiro atoms. The third-order valence-corrected chi connectivity index (χ3v) is 4.74. The Balaban J connectivity index is 1.46. The van der Waals surface area contributed by atoms with Gasteiger partial charge < -0.3 is 10.2 Å². The second-order valence-electron chi connectivity index (χ2n) is 6.71. The molecule has 2 aromatic rings. The summed E-state index contributed by atoms with van der Waals surface area (Å²) >= 11 is 0. The summed E-state index contributed by atoms with van der Waals surface area (Å²) in [6.07, 6.45) is 3.01. The Morgan fingerprint density at radius 1 is 1.12 bits per heavy atom. The van der Waals surface area contributed by atoms with Gasteiger partial charge in [-0.15, -0.1) is 0 Å². The minimum absolute atomic E-state index is 0.162. The van der Waals surface area contributed by atoms with E-state index in [0.717, 1.165) is 42.6 Å². The molecular formula is C20H19FN2O2. The van der Waals surface area contributed by atoms with Crippen LogP contribution in [0, 0.1) is 11.7 Å². The van der Waals surface area contributed by atoms with Gasteiger partial charge in [0.25, 0.3) is 0 Å². The number of nitrogens with zero attached hydrogens (tertiary/aromatic N) is 1. The molecule has 2 aromatic carbocycles. The zero-order valence-corrected chi connectivity index (χ0v) is 13.8. The first-order valence-electron chi connectivity index (χ1n) is 8.59. The van der Waals surface area contributed by atoms with Gasteiger partial charge in [-0.25, -0.2) is 4.39 Å². The second-order valence-corrected chi connectivity index (χ2v) is 6.71. The smallest absolute Gasteiger partial charge is 0.230 e. The number of hydrogen-bond acceptors (Lipinski definition) is 2. The van der Waals surface area contributed by atoms with Gasteiger partial charge in [0.2, 0.25) is 11.8 Å². The molecule has 1 aliphatic carbocycles. The molecule has 0 unspecified atom stereocenters. The summed E-state index contributed by atoms with van der Waals surface area (Å²) in [5, 5.41) is 2.87. The zero-order chi connectivity index (χ0) is 17.4. The normalized spacial score (nSPS) is 15.8. The topological polar surface area (TPSA) is 49.4 Å². The first kappa shape index (κ1) is 15.8. The molecule has 0 radical (unpaired) electrons. The maximum Gasteiger partial charge on any atom is 0.230 e. The lowest BCUT2D eigenvalue weighted by Gasteiger charge is -2.18. The molecular weight excluding hydrogens is 319 g/mol. The number of anilines is 2. The van der Waals surface area contributed by atoms with Gasteiger partial charge >= 0.3 is 0 Å². The number of halogens is 1. The van der Waals surface area contributed by atoms with Crippen LogP contribution in [0.4, 0.5) is 15.8 Å². The van der Waals surface area contributed by atoms with Crippen LogP contribution in [0.25, 0.3) is 0 Å². The van der Waals surface area contributed by atoms with Crippen molar-refractivity contribution in [2.75, 3.05) is 16.8 Å². The lowest BCUT2D eigenvalue weighted by Crippen LogP contribution is -2.30. The van der Waals surface area contributed by atoms with E-state index in [1.807, 2.05) is 23.1 Å². The Bertz CT molecular complexity index is 828. The van der Waals surface area contributed by atoms with E-state index in [2.05, 4.69) is 5.32 Å². The molecule has 0 aromatic heterocycles. The Hall–Kier alpha value is -2.69. The molecule has 0 saturated heterocycles. The highest BCUT2D eigenvalue weighted by Crippen LogP contribution is 2.37. The van der Waals surface area contributed by atoms with E-state index in [4.69, 9.17) is 0 Å². The van der Waals surface area contributed by atoms with Crippen LogP contribution >= 0.6 is 0 Å². The van der Waals surface area contributed by atoms with Crippen LogP contribution in [0.1, 0.15) is 24.0 Å². The summed E-state index contributed by atoms with van der Waals surface area (Å²) in [5.41, 5.74) is 3.49. The highest BCUT2D eigenvalue weighted by atomic mass is 19.1. The molecule has 128 valence electrons. The third-order valence-electron chi connectivity index (χ3n) is 4.74. The number of rotatable bonds is 4. The lowest BCUT2D eigenvalue weighted by molar-refractivity contribution is -0.119. The van der Waals surface area contributed by atoms with Crippen molar-refractivity contribution < 1.29 is 14.0 Å². The minimum atomic E-state index is -0.316. The largest absolute Gasteiger partial charge is 0.326 e. The average molecular weight is 338 g/mol. The third kappa shape index (κ3) is 3.40. The van der Waals surface area contributed by atoms with E-state index in [-0.39, 0.29) is 30.0 Å². The van der Waals surface area contributed by atoms with Crippen molar-refractivity contribution in [3.63, 3.8) is 0 Å². The van der Waals surface area contributed by atoms with Crippen molar-refractivity contribution in [3.8, 4) is 0 Å². The van der Waals surface area contributed by atoms with Crippen molar-refractivity contribution in [1.29, 1.82) is 0 Å². The molecule has 2 amide bonds. The number of nitrogens with one attached hydrogen (secondary N) is 1. The summed E-state index contributed by atoms with van der Waals surface area (Å²) in [7, 11) is 0. The van der Waals surface area contributed by atoms with E-state index < -0.39 is 0 Å². The van der Waals surface area contributed by atoms with Crippen molar-refractivity contribution >= 4 is 23.2 Å². The number of carbonyl (C=O) groups is 2. The minimum Gasteiger partial charge on any atom is -0.326 e. The number of fused-ring (bicyclic) bond motifs is 1. The number of carbonyl (C=O) groups excluding carboxylic acids is 2. The fraction of sp³-hybridized carbons (Fsp3) is 0.300. The predicted molar refractivity (Wildman–Crippen MR) is 94.0 cm³/mol. The van der Waals surface area contributed by atoms with E-state index in [0.29, 0.717) is 5.69 Å². The van der Waals surface area contributed by atoms with Crippen LogP contribution in [-0.2, 0) is 22.4 Å². The highest BCUT2D eigenvalue weighted by molar-refractivity contribution is 5.99. The summed E-state index contributed by atoms with van der Waals surface area (Å²) in [4.78, 5) is 26.4. The Morgan fingerprint density at radius 2 is 1.88 bits per heavy atom.